The molecule has 2 aromatic rings. The van der Waals surface area contributed by atoms with Gasteiger partial charge in [0, 0.05) is 36.4 Å². The molecule has 1 aliphatic rings. The average molecular weight is 426 g/mol. The summed E-state index contributed by atoms with van der Waals surface area (Å²) in [5.41, 5.74) is 1.36. The molecule has 0 bridgehead atoms. The van der Waals surface area contributed by atoms with Crippen molar-refractivity contribution in [3.63, 3.8) is 0 Å². The summed E-state index contributed by atoms with van der Waals surface area (Å²) < 4.78 is 1.13. The van der Waals surface area contributed by atoms with Crippen LogP contribution in [-0.2, 0) is 4.79 Å². The number of nitrogens with one attached hydrogen (secondary N) is 2. The maximum absolute atomic E-state index is 12.7. The molecule has 2 unspecified atom stereocenters. The van der Waals surface area contributed by atoms with Gasteiger partial charge in [-0.15, -0.1) is 35.5 Å². The van der Waals surface area contributed by atoms with Crippen LogP contribution in [-0.4, -0.2) is 47.6 Å². The number of halogens is 1. The van der Waals surface area contributed by atoms with Crippen molar-refractivity contribution in [1.82, 2.24) is 10.2 Å². The Morgan fingerprint density at radius 1 is 1.26 bits per heavy atom. The van der Waals surface area contributed by atoms with Crippen LogP contribution in [0.15, 0.2) is 46.0 Å². The second kappa shape index (κ2) is 10.1. The first-order valence-corrected chi connectivity index (χ1v) is 10.5. The highest BCUT2D eigenvalue weighted by molar-refractivity contribution is 8.01. The average Bonchev–Trinajstić information content (AvgIpc) is 3.16. The highest BCUT2D eigenvalue weighted by Crippen LogP contribution is 2.23. The Labute approximate surface area is 174 Å². The van der Waals surface area contributed by atoms with Crippen molar-refractivity contribution in [2.45, 2.75) is 30.1 Å². The zero-order valence-corrected chi connectivity index (χ0v) is 17.8. The number of carbonyl (C=O) groups excluding carboxylic acids is 2. The summed E-state index contributed by atoms with van der Waals surface area (Å²) in [6.45, 7) is 5.68. The second-order valence-electron chi connectivity index (χ2n) is 6.33. The van der Waals surface area contributed by atoms with Gasteiger partial charge < -0.3 is 15.5 Å². The summed E-state index contributed by atoms with van der Waals surface area (Å²) in [6, 6.07) is 11.6. The molecule has 2 N–H and O–H groups in total. The van der Waals surface area contributed by atoms with Crippen LogP contribution < -0.4 is 10.6 Å². The SMILES string of the molecule is CC1NCCN(C(=O)c2ccc(NC(=O)CSc3cccs3)cc2)C1C.Cl. The lowest BCUT2D eigenvalue weighted by atomic mass is 10.1. The van der Waals surface area contributed by atoms with Crippen molar-refractivity contribution in [2.24, 2.45) is 0 Å². The fourth-order valence-electron chi connectivity index (χ4n) is 2.88. The van der Waals surface area contributed by atoms with Gasteiger partial charge in [0.15, 0.2) is 0 Å². The van der Waals surface area contributed by atoms with E-state index >= 15 is 0 Å². The normalized spacial score (nSPS) is 19.3. The first-order valence-electron chi connectivity index (χ1n) is 8.65. The summed E-state index contributed by atoms with van der Waals surface area (Å²) in [5.74, 6) is 0.362. The maximum atomic E-state index is 12.7. The van der Waals surface area contributed by atoms with Gasteiger partial charge in [-0.3, -0.25) is 9.59 Å². The van der Waals surface area contributed by atoms with Crippen LogP contribution in [0.4, 0.5) is 5.69 Å². The number of nitrogens with zero attached hydrogens (tertiary/aromatic N) is 1. The second-order valence-corrected chi connectivity index (χ2v) is 8.55. The van der Waals surface area contributed by atoms with Gasteiger partial charge in [0.25, 0.3) is 5.91 Å². The lowest BCUT2D eigenvalue weighted by Gasteiger charge is -2.38. The number of hydrogen-bond acceptors (Lipinski definition) is 5. The van der Waals surface area contributed by atoms with Crippen LogP contribution in [0.5, 0.6) is 0 Å². The first-order chi connectivity index (χ1) is 12.5. The Bertz CT molecular complexity index is 753. The minimum atomic E-state index is -0.0490. The quantitative estimate of drug-likeness (QED) is 0.716. The third-order valence-corrected chi connectivity index (χ3v) is 6.68. The standard InChI is InChI=1S/C19H23N3O2S2.ClH/c1-13-14(2)22(10-9-20-13)19(24)15-5-7-16(8-6-15)21-17(23)12-26-18-4-3-11-25-18;/h3-8,11,13-14,20H,9-10,12H2,1-2H3,(H,21,23);1H. The Morgan fingerprint density at radius 3 is 2.67 bits per heavy atom. The van der Waals surface area contributed by atoms with Gasteiger partial charge >= 0.3 is 0 Å². The first kappa shape index (κ1) is 21.8. The Balaban J connectivity index is 0.00000261. The number of thiophene rings is 1. The van der Waals surface area contributed by atoms with Crippen molar-refractivity contribution in [1.29, 1.82) is 0 Å². The zero-order chi connectivity index (χ0) is 18.5. The molecule has 0 radical (unpaired) electrons. The van der Waals surface area contributed by atoms with Crippen LogP contribution >= 0.6 is 35.5 Å². The van der Waals surface area contributed by atoms with Crippen LogP contribution in [0.2, 0.25) is 0 Å². The zero-order valence-electron chi connectivity index (χ0n) is 15.3. The molecule has 1 aliphatic heterocycles. The molecule has 1 aromatic heterocycles. The Hall–Kier alpha value is -1.54. The molecule has 0 saturated carbocycles. The van der Waals surface area contributed by atoms with Gasteiger partial charge in [-0.1, -0.05) is 6.07 Å². The van der Waals surface area contributed by atoms with E-state index in [1.165, 1.54) is 11.8 Å². The Kier molecular flexibility index (Phi) is 8.16. The van der Waals surface area contributed by atoms with E-state index in [0.29, 0.717) is 23.5 Å². The molecule has 27 heavy (non-hydrogen) atoms. The predicted molar refractivity (Wildman–Crippen MR) is 115 cm³/mol. The van der Waals surface area contributed by atoms with Crippen LogP contribution in [0.3, 0.4) is 0 Å². The molecule has 2 heterocycles. The van der Waals surface area contributed by atoms with Gasteiger partial charge in [0.1, 0.15) is 0 Å². The smallest absolute Gasteiger partial charge is 0.254 e. The van der Waals surface area contributed by atoms with Crippen molar-refractivity contribution < 1.29 is 9.59 Å². The third kappa shape index (κ3) is 5.72. The van der Waals surface area contributed by atoms with Gasteiger partial charge in [-0.2, -0.15) is 0 Å². The summed E-state index contributed by atoms with van der Waals surface area (Å²) in [6.07, 6.45) is 0. The van der Waals surface area contributed by atoms with Gasteiger partial charge in [0.05, 0.1) is 9.96 Å². The topological polar surface area (TPSA) is 61.4 Å². The summed E-state index contributed by atoms with van der Waals surface area (Å²) in [4.78, 5) is 26.7. The van der Waals surface area contributed by atoms with Crippen LogP contribution in [0, 0.1) is 0 Å². The lowest BCUT2D eigenvalue weighted by Crippen LogP contribution is -2.57. The fourth-order valence-corrected chi connectivity index (χ4v) is 4.47. The number of anilines is 1. The van der Waals surface area contributed by atoms with E-state index in [1.807, 2.05) is 22.4 Å². The number of amides is 2. The van der Waals surface area contributed by atoms with Gasteiger partial charge in [-0.05, 0) is 49.6 Å². The highest BCUT2D eigenvalue weighted by Gasteiger charge is 2.28. The Morgan fingerprint density at radius 2 is 2.00 bits per heavy atom. The van der Waals surface area contributed by atoms with E-state index in [4.69, 9.17) is 0 Å². The summed E-state index contributed by atoms with van der Waals surface area (Å²) >= 11 is 3.15. The minimum Gasteiger partial charge on any atom is -0.333 e. The number of benzene rings is 1. The molecule has 2 atom stereocenters. The largest absolute Gasteiger partial charge is 0.333 e. The van der Waals surface area contributed by atoms with Crippen LogP contribution in [0.1, 0.15) is 24.2 Å². The molecule has 5 nitrogen and oxygen atoms in total. The molecule has 1 saturated heterocycles. The van der Waals surface area contributed by atoms with Crippen molar-refractivity contribution in [3.05, 3.63) is 47.3 Å². The molecular weight excluding hydrogens is 402 g/mol. The number of hydrogen-bond donors (Lipinski definition) is 2. The predicted octanol–water partition coefficient (Wildman–Crippen LogP) is 3.72. The number of rotatable bonds is 5. The van der Waals surface area contributed by atoms with E-state index in [-0.39, 0.29) is 36.3 Å². The monoisotopic (exact) mass is 425 g/mol. The van der Waals surface area contributed by atoms with E-state index in [0.717, 1.165) is 10.8 Å². The number of thioether (sulfide) groups is 1. The molecule has 146 valence electrons. The molecule has 2 amide bonds. The van der Waals surface area contributed by atoms with Crippen molar-refractivity contribution >= 4 is 53.0 Å². The van der Waals surface area contributed by atoms with E-state index in [1.54, 1.807) is 35.6 Å². The molecule has 8 heteroatoms. The number of piperazine rings is 1. The summed E-state index contributed by atoms with van der Waals surface area (Å²) in [7, 11) is 0. The molecule has 3 rings (SSSR count). The molecular formula is C19H24ClN3O2S2. The molecule has 1 aromatic carbocycles. The lowest BCUT2D eigenvalue weighted by molar-refractivity contribution is -0.113. The molecule has 0 spiro atoms. The maximum Gasteiger partial charge on any atom is 0.254 e. The fraction of sp³-hybridized carbons (Fsp3) is 0.368. The van der Waals surface area contributed by atoms with Gasteiger partial charge in [0.2, 0.25) is 5.91 Å². The minimum absolute atomic E-state index is 0. The third-order valence-electron chi connectivity index (χ3n) is 4.55. The van der Waals surface area contributed by atoms with E-state index < -0.39 is 0 Å². The van der Waals surface area contributed by atoms with Crippen LogP contribution in [0.25, 0.3) is 0 Å². The van der Waals surface area contributed by atoms with Gasteiger partial charge in [-0.25, -0.2) is 0 Å². The van der Waals surface area contributed by atoms with E-state index in [9.17, 15) is 9.59 Å². The molecule has 1 fully saturated rings. The van der Waals surface area contributed by atoms with Crippen molar-refractivity contribution in [3.8, 4) is 0 Å². The molecule has 0 aliphatic carbocycles. The number of carbonyl (C=O) groups is 2. The highest BCUT2D eigenvalue weighted by atomic mass is 35.5. The summed E-state index contributed by atoms with van der Waals surface area (Å²) in [5, 5.41) is 8.25. The van der Waals surface area contributed by atoms with Crippen molar-refractivity contribution in [2.75, 3.05) is 24.2 Å². The van der Waals surface area contributed by atoms with E-state index in [2.05, 4.69) is 24.5 Å².